The van der Waals surface area contributed by atoms with Crippen LogP contribution in [0.1, 0.15) is 17.5 Å². The van der Waals surface area contributed by atoms with Gasteiger partial charge in [-0.25, -0.2) is 0 Å². The van der Waals surface area contributed by atoms with Crippen LogP contribution < -0.4 is 10.6 Å². The summed E-state index contributed by atoms with van der Waals surface area (Å²) in [5.41, 5.74) is 4.05. The third-order valence-corrected chi connectivity index (χ3v) is 8.07. The predicted octanol–water partition coefficient (Wildman–Crippen LogP) is 1.03. The van der Waals surface area contributed by atoms with Crippen LogP contribution in [-0.2, 0) is 20.8 Å². The number of nitrogens with one attached hydrogen (secondary N) is 1. The number of anilines is 1. The van der Waals surface area contributed by atoms with E-state index in [-0.39, 0.29) is 29.7 Å². The van der Waals surface area contributed by atoms with E-state index in [0.717, 1.165) is 0 Å². The molecular formula is C27H30N4O7. The van der Waals surface area contributed by atoms with Gasteiger partial charge in [-0.15, -0.1) is 0 Å². The van der Waals surface area contributed by atoms with Crippen molar-refractivity contribution in [1.82, 2.24) is 9.88 Å². The van der Waals surface area contributed by atoms with E-state index in [4.69, 9.17) is 5.73 Å². The van der Waals surface area contributed by atoms with Gasteiger partial charge in [-0.05, 0) is 56.6 Å². The second kappa shape index (κ2) is 8.47. The quantitative estimate of drug-likeness (QED) is 0.320. The zero-order valence-electron chi connectivity index (χ0n) is 21.4. The molecule has 0 unspecified atom stereocenters. The maximum Gasteiger partial charge on any atom is 0.255 e. The molecule has 1 amide bonds. The van der Waals surface area contributed by atoms with Crippen molar-refractivity contribution >= 4 is 28.9 Å². The number of likely N-dealkylation sites (N-methyl/N-ethyl adjacent to an activating group) is 1. The van der Waals surface area contributed by atoms with Crippen molar-refractivity contribution < 1.29 is 34.8 Å². The maximum atomic E-state index is 14.0. The normalized spacial score (nSPS) is 26.8. The van der Waals surface area contributed by atoms with E-state index >= 15 is 0 Å². The monoisotopic (exact) mass is 522 g/mol. The van der Waals surface area contributed by atoms with Crippen molar-refractivity contribution in [2.45, 2.75) is 24.5 Å². The van der Waals surface area contributed by atoms with Gasteiger partial charge in [-0.1, -0.05) is 0 Å². The van der Waals surface area contributed by atoms with Crippen LogP contribution in [0.3, 0.4) is 0 Å². The SMILES string of the molecule is CN(C)c1cc(-c2ccc[nH]2)c(O)c2c1C[C@H]1C[C@H]3[C@H](N(C)C)C(=O)C(C(N)=O)=C(O)[C@@]3(O)C(=O)C1=C2O. The Morgan fingerprint density at radius 3 is 2.39 bits per heavy atom. The van der Waals surface area contributed by atoms with E-state index in [9.17, 15) is 34.8 Å². The summed E-state index contributed by atoms with van der Waals surface area (Å²) in [5.74, 6) is -6.70. The molecule has 4 atom stereocenters. The number of H-pyrrole nitrogens is 1. The standard InChI is InChI=1S/C27H30N4O7/c1-30(2)16-10-12(15-6-5-7-29-15)21(32)18-13(16)8-11-9-14-20(31(3)4)23(34)19(26(28)37)25(36)27(14,38)24(35)17(11)22(18)33/h5-7,10-11,14,20,29,32-33,36,38H,8-9H2,1-4H3,(H2,28,37)/t11-,14-,20-,27-/m0/s1. The minimum Gasteiger partial charge on any atom is -0.508 e. The lowest BCUT2D eigenvalue weighted by Gasteiger charge is -2.50. The second-order valence-corrected chi connectivity index (χ2v) is 10.6. The molecule has 11 nitrogen and oxygen atoms in total. The average Bonchev–Trinajstić information content (AvgIpc) is 3.35. The first-order valence-electron chi connectivity index (χ1n) is 12.2. The molecule has 1 heterocycles. The minimum atomic E-state index is -2.67. The number of ketones is 2. The number of primary amides is 1. The zero-order valence-corrected chi connectivity index (χ0v) is 21.4. The third-order valence-electron chi connectivity index (χ3n) is 8.07. The van der Waals surface area contributed by atoms with E-state index in [0.29, 0.717) is 22.5 Å². The molecule has 0 saturated heterocycles. The highest BCUT2D eigenvalue weighted by Crippen LogP contribution is 2.54. The number of hydrogen-bond acceptors (Lipinski definition) is 9. The first kappa shape index (κ1) is 25.6. The Labute approximate surface area is 218 Å². The number of phenols is 1. The Morgan fingerprint density at radius 1 is 1.16 bits per heavy atom. The molecule has 0 spiro atoms. The molecule has 5 rings (SSSR count). The summed E-state index contributed by atoms with van der Waals surface area (Å²) in [6.07, 6.45) is 1.95. The van der Waals surface area contributed by atoms with Gasteiger partial charge in [0.15, 0.2) is 11.4 Å². The van der Waals surface area contributed by atoms with Crippen LogP contribution in [0.4, 0.5) is 5.69 Å². The van der Waals surface area contributed by atoms with E-state index in [1.807, 2.05) is 19.0 Å². The van der Waals surface area contributed by atoms with Crippen LogP contribution in [0.5, 0.6) is 5.75 Å². The highest BCUT2D eigenvalue weighted by atomic mass is 16.3. The smallest absolute Gasteiger partial charge is 0.255 e. The Bertz CT molecular complexity index is 1450. The van der Waals surface area contributed by atoms with Crippen molar-refractivity contribution in [3.8, 4) is 17.0 Å². The number of carbonyl (C=O) groups is 3. The van der Waals surface area contributed by atoms with Gasteiger partial charge in [-0.2, -0.15) is 0 Å². The molecule has 38 heavy (non-hydrogen) atoms. The number of hydrogen-bond donors (Lipinski definition) is 6. The number of phenolic OH excluding ortho intramolecular Hbond substituents is 1. The van der Waals surface area contributed by atoms with Gasteiger partial charge in [0, 0.05) is 48.7 Å². The number of aromatic amines is 1. The van der Waals surface area contributed by atoms with E-state index in [2.05, 4.69) is 4.98 Å². The fraction of sp³-hybridized carbons (Fsp3) is 0.370. The van der Waals surface area contributed by atoms with Gasteiger partial charge in [0.05, 0.1) is 11.6 Å². The molecule has 1 aromatic carbocycles. The minimum absolute atomic E-state index is 0.0395. The van der Waals surface area contributed by atoms with Gasteiger partial charge in [-0.3, -0.25) is 19.3 Å². The lowest BCUT2D eigenvalue weighted by Crippen LogP contribution is -2.65. The summed E-state index contributed by atoms with van der Waals surface area (Å²) in [6.45, 7) is 0. The number of carbonyl (C=O) groups excluding carboxylic acids is 3. The number of aromatic hydroxyl groups is 1. The molecule has 1 fully saturated rings. The number of benzene rings is 1. The van der Waals surface area contributed by atoms with Gasteiger partial charge in [0.1, 0.15) is 22.8 Å². The third kappa shape index (κ3) is 3.25. The molecule has 1 saturated carbocycles. The number of nitrogens with zero attached hydrogens (tertiary/aromatic N) is 2. The number of Topliss-reactive ketones (excluding diaryl/α,β-unsaturated/α-hetero) is 2. The molecule has 11 heteroatoms. The predicted molar refractivity (Wildman–Crippen MR) is 138 cm³/mol. The molecule has 0 bridgehead atoms. The van der Waals surface area contributed by atoms with Crippen LogP contribution in [0.2, 0.25) is 0 Å². The van der Waals surface area contributed by atoms with Crippen LogP contribution in [0.25, 0.3) is 17.0 Å². The highest BCUT2D eigenvalue weighted by Gasteiger charge is 2.64. The van der Waals surface area contributed by atoms with Crippen LogP contribution >= 0.6 is 0 Å². The molecule has 200 valence electrons. The summed E-state index contributed by atoms with van der Waals surface area (Å²) in [5, 5.41) is 45.5. The van der Waals surface area contributed by atoms with Crippen LogP contribution in [0, 0.1) is 11.8 Å². The van der Waals surface area contributed by atoms with Crippen molar-refractivity contribution in [1.29, 1.82) is 0 Å². The van der Waals surface area contributed by atoms with E-state index in [1.165, 1.54) is 4.90 Å². The van der Waals surface area contributed by atoms with Crippen molar-refractivity contribution in [2.24, 2.45) is 17.6 Å². The number of aromatic nitrogens is 1. The first-order valence-corrected chi connectivity index (χ1v) is 12.2. The molecule has 1 aromatic heterocycles. The summed E-state index contributed by atoms with van der Waals surface area (Å²) < 4.78 is 0. The number of aliphatic hydroxyl groups is 3. The summed E-state index contributed by atoms with van der Waals surface area (Å²) >= 11 is 0. The molecule has 7 N–H and O–H groups in total. The Kier molecular flexibility index (Phi) is 5.69. The number of rotatable bonds is 4. The molecule has 3 aliphatic carbocycles. The lowest BCUT2D eigenvalue weighted by atomic mass is 9.57. The largest absolute Gasteiger partial charge is 0.508 e. The van der Waals surface area contributed by atoms with Gasteiger partial charge in [0.2, 0.25) is 5.78 Å². The molecule has 3 aliphatic rings. The van der Waals surface area contributed by atoms with E-state index in [1.54, 1.807) is 38.5 Å². The Hall–Kier alpha value is -4.09. The van der Waals surface area contributed by atoms with E-state index < -0.39 is 58.0 Å². The first-order chi connectivity index (χ1) is 17.8. The van der Waals surface area contributed by atoms with Crippen LogP contribution in [-0.4, -0.2) is 87.6 Å². The molecular weight excluding hydrogens is 492 g/mol. The number of nitrogens with two attached hydrogens (primary N) is 1. The Morgan fingerprint density at radius 2 is 1.84 bits per heavy atom. The lowest BCUT2D eigenvalue weighted by molar-refractivity contribution is -0.153. The number of aliphatic hydroxyl groups excluding tert-OH is 2. The van der Waals surface area contributed by atoms with Crippen LogP contribution in [0.15, 0.2) is 41.3 Å². The van der Waals surface area contributed by atoms with Crippen molar-refractivity contribution in [3.05, 3.63) is 52.4 Å². The molecule has 0 radical (unpaired) electrons. The number of amides is 1. The fourth-order valence-corrected chi connectivity index (χ4v) is 6.39. The topological polar surface area (TPSA) is 180 Å². The summed E-state index contributed by atoms with van der Waals surface area (Å²) in [6, 6.07) is 4.18. The highest BCUT2D eigenvalue weighted by molar-refractivity contribution is 6.24. The van der Waals surface area contributed by atoms with Crippen molar-refractivity contribution in [3.63, 3.8) is 0 Å². The fourth-order valence-electron chi connectivity index (χ4n) is 6.39. The number of fused-ring (bicyclic) bond motifs is 3. The second-order valence-electron chi connectivity index (χ2n) is 10.6. The summed E-state index contributed by atoms with van der Waals surface area (Å²) in [7, 11) is 6.78. The van der Waals surface area contributed by atoms with Gasteiger partial charge in [0.25, 0.3) is 5.91 Å². The zero-order chi connectivity index (χ0) is 27.8. The molecule has 2 aromatic rings. The summed E-state index contributed by atoms with van der Waals surface area (Å²) in [4.78, 5) is 45.6. The average molecular weight is 523 g/mol. The maximum absolute atomic E-state index is 14.0. The van der Waals surface area contributed by atoms with Crippen molar-refractivity contribution in [2.75, 3.05) is 33.1 Å². The van der Waals surface area contributed by atoms with Gasteiger partial charge >= 0.3 is 0 Å². The molecule has 0 aliphatic heterocycles. The Balaban J connectivity index is 1.78. The van der Waals surface area contributed by atoms with Gasteiger partial charge < -0.3 is 36.0 Å².